The van der Waals surface area contributed by atoms with Crippen LogP contribution in [0.5, 0.6) is 5.75 Å². The molecule has 1 aliphatic carbocycles. The van der Waals surface area contributed by atoms with Crippen LogP contribution in [0.15, 0.2) is 36.3 Å². The summed E-state index contributed by atoms with van der Waals surface area (Å²) in [6.45, 7) is 0. The van der Waals surface area contributed by atoms with Crippen LogP contribution in [0.4, 0.5) is 0 Å². The summed E-state index contributed by atoms with van der Waals surface area (Å²) in [4.78, 5) is 0. The second-order valence-corrected chi connectivity index (χ2v) is 5.65. The van der Waals surface area contributed by atoms with Gasteiger partial charge in [0.25, 0.3) is 6.29 Å². The van der Waals surface area contributed by atoms with Crippen LogP contribution < -0.4 is 4.74 Å². The molecule has 0 saturated heterocycles. The van der Waals surface area contributed by atoms with Crippen LogP contribution in [-0.2, 0) is 9.47 Å². The Morgan fingerprint density at radius 2 is 1.85 bits per heavy atom. The Bertz CT molecular complexity index is 458. The lowest BCUT2D eigenvalue weighted by atomic mass is 9.86. The zero-order chi connectivity index (χ0) is 13.8. The Balaban J connectivity index is 1.54. The first-order valence-corrected chi connectivity index (χ1v) is 7.50. The highest BCUT2D eigenvalue weighted by Crippen LogP contribution is 2.35. The van der Waals surface area contributed by atoms with Gasteiger partial charge in [0.05, 0.1) is 7.11 Å². The molecule has 0 N–H and O–H groups in total. The highest BCUT2D eigenvalue weighted by atomic mass is 16.7. The molecule has 0 aromatic heterocycles. The number of benzene rings is 1. The minimum absolute atomic E-state index is 0.292. The molecule has 1 unspecified atom stereocenters. The predicted molar refractivity (Wildman–Crippen MR) is 77.2 cm³/mol. The van der Waals surface area contributed by atoms with Crippen molar-refractivity contribution in [1.29, 1.82) is 0 Å². The molecule has 1 aromatic rings. The van der Waals surface area contributed by atoms with Crippen molar-refractivity contribution in [2.45, 2.75) is 44.8 Å². The van der Waals surface area contributed by atoms with Crippen molar-refractivity contribution in [2.75, 3.05) is 7.11 Å². The number of ether oxygens (including phenoxy) is 3. The molecular formula is C17H22O3. The van der Waals surface area contributed by atoms with E-state index in [2.05, 4.69) is 0 Å². The number of hydrogen-bond donors (Lipinski definition) is 0. The van der Waals surface area contributed by atoms with Crippen LogP contribution in [0.3, 0.4) is 0 Å². The molecule has 2 aliphatic rings. The Labute approximate surface area is 120 Å². The van der Waals surface area contributed by atoms with E-state index in [-0.39, 0.29) is 6.29 Å². The van der Waals surface area contributed by atoms with Crippen LogP contribution >= 0.6 is 0 Å². The third kappa shape index (κ3) is 3.09. The lowest BCUT2D eigenvalue weighted by molar-refractivity contribution is -0.0371. The predicted octanol–water partition coefficient (Wildman–Crippen LogP) is 4.55. The first-order chi connectivity index (χ1) is 9.85. The molecule has 0 radical (unpaired) electrons. The van der Waals surface area contributed by atoms with Gasteiger partial charge in [-0.15, -0.1) is 0 Å². The van der Waals surface area contributed by atoms with Crippen molar-refractivity contribution in [2.24, 2.45) is 5.92 Å². The molecule has 108 valence electrons. The Hall–Kier alpha value is -1.64. The van der Waals surface area contributed by atoms with E-state index in [1.807, 2.05) is 24.3 Å². The molecule has 0 bridgehead atoms. The van der Waals surface area contributed by atoms with E-state index < -0.39 is 0 Å². The molecule has 0 spiro atoms. The minimum Gasteiger partial charge on any atom is -0.497 e. The van der Waals surface area contributed by atoms with E-state index in [4.69, 9.17) is 14.2 Å². The quantitative estimate of drug-likeness (QED) is 0.806. The Morgan fingerprint density at radius 1 is 1.10 bits per heavy atom. The number of rotatable bonds is 4. The van der Waals surface area contributed by atoms with E-state index in [1.165, 1.54) is 32.1 Å². The van der Waals surface area contributed by atoms with Crippen molar-refractivity contribution >= 4 is 0 Å². The van der Waals surface area contributed by atoms with E-state index >= 15 is 0 Å². The zero-order valence-electron chi connectivity index (χ0n) is 12.0. The average molecular weight is 274 g/mol. The molecule has 1 aromatic carbocycles. The van der Waals surface area contributed by atoms with Gasteiger partial charge in [-0.3, -0.25) is 0 Å². The molecule has 1 fully saturated rings. The number of allylic oxidation sites excluding steroid dienone is 1. The summed E-state index contributed by atoms with van der Waals surface area (Å²) in [7, 11) is 1.67. The van der Waals surface area contributed by atoms with E-state index in [0.717, 1.165) is 29.4 Å². The smallest absolute Gasteiger partial charge is 0.266 e. The van der Waals surface area contributed by atoms with Crippen LogP contribution in [0.1, 0.15) is 50.4 Å². The fourth-order valence-corrected chi connectivity index (χ4v) is 3.01. The van der Waals surface area contributed by atoms with E-state index in [9.17, 15) is 0 Å². The van der Waals surface area contributed by atoms with E-state index in [0.29, 0.717) is 0 Å². The molecule has 20 heavy (non-hydrogen) atoms. The first-order valence-electron chi connectivity index (χ1n) is 7.50. The molecule has 3 rings (SSSR count). The maximum Gasteiger partial charge on any atom is 0.266 e. The normalized spacial score (nSPS) is 22.9. The molecule has 3 heteroatoms. The lowest BCUT2D eigenvalue weighted by Crippen LogP contribution is -2.08. The van der Waals surface area contributed by atoms with Crippen LogP contribution in [0, 0.1) is 5.92 Å². The van der Waals surface area contributed by atoms with Crippen molar-refractivity contribution < 1.29 is 14.2 Å². The maximum absolute atomic E-state index is 5.92. The van der Waals surface area contributed by atoms with Crippen molar-refractivity contribution in [1.82, 2.24) is 0 Å². The third-order valence-electron chi connectivity index (χ3n) is 4.18. The summed E-state index contributed by atoms with van der Waals surface area (Å²) in [6.07, 6.45) is 9.29. The van der Waals surface area contributed by atoms with Crippen molar-refractivity contribution in [3.05, 3.63) is 41.9 Å². The fraction of sp³-hybridized carbons (Fsp3) is 0.529. The zero-order valence-corrected chi connectivity index (χ0v) is 12.0. The lowest BCUT2D eigenvalue weighted by Gasteiger charge is -2.21. The van der Waals surface area contributed by atoms with Crippen LogP contribution in [0.2, 0.25) is 0 Å². The highest BCUT2D eigenvalue weighted by molar-refractivity contribution is 5.28. The summed E-state index contributed by atoms with van der Waals surface area (Å²) in [5.41, 5.74) is 1.03. The molecular weight excluding hydrogens is 252 g/mol. The molecule has 1 saturated carbocycles. The molecule has 1 aliphatic heterocycles. The molecule has 3 nitrogen and oxygen atoms in total. The largest absolute Gasteiger partial charge is 0.497 e. The topological polar surface area (TPSA) is 27.7 Å². The summed E-state index contributed by atoms with van der Waals surface area (Å²) in [5, 5.41) is 0. The second kappa shape index (κ2) is 6.21. The van der Waals surface area contributed by atoms with Gasteiger partial charge in [-0.05, 0) is 30.2 Å². The highest BCUT2D eigenvalue weighted by Gasteiger charge is 2.24. The average Bonchev–Trinajstić information content (AvgIpc) is 2.97. The van der Waals surface area contributed by atoms with Crippen molar-refractivity contribution in [3.63, 3.8) is 0 Å². The van der Waals surface area contributed by atoms with Gasteiger partial charge in [-0.1, -0.05) is 32.1 Å². The minimum atomic E-state index is -0.292. The van der Waals surface area contributed by atoms with Gasteiger partial charge in [0.15, 0.2) is 0 Å². The molecule has 1 atom stereocenters. The first kappa shape index (κ1) is 13.3. The summed E-state index contributed by atoms with van der Waals surface area (Å²) in [6, 6.07) is 7.84. The van der Waals surface area contributed by atoms with E-state index in [1.54, 1.807) is 13.4 Å². The number of methoxy groups -OCH3 is 1. The summed E-state index contributed by atoms with van der Waals surface area (Å²) < 4.78 is 16.7. The van der Waals surface area contributed by atoms with Crippen molar-refractivity contribution in [3.8, 4) is 5.75 Å². The van der Waals surface area contributed by atoms with Gasteiger partial charge < -0.3 is 14.2 Å². The number of hydrogen-bond acceptors (Lipinski definition) is 3. The molecule has 0 amide bonds. The van der Waals surface area contributed by atoms with Crippen LogP contribution in [-0.4, -0.2) is 7.11 Å². The SMILES string of the molecule is COc1ccc(C2OC=C(CC3CCCCC3)O2)cc1. The van der Waals surface area contributed by atoms with Gasteiger partial charge in [-0.25, -0.2) is 0 Å². The van der Waals surface area contributed by atoms with Crippen LogP contribution in [0.25, 0.3) is 0 Å². The standard InChI is InChI=1S/C17H22O3/c1-18-15-9-7-14(8-10-15)17-19-12-16(20-17)11-13-5-3-2-4-6-13/h7-10,12-13,17H,2-6,11H2,1H3. The Kier molecular flexibility index (Phi) is 4.14. The second-order valence-electron chi connectivity index (χ2n) is 5.65. The fourth-order valence-electron chi connectivity index (χ4n) is 3.01. The van der Waals surface area contributed by atoms with Gasteiger partial charge in [0.2, 0.25) is 0 Å². The summed E-state index contributed by atoms with van der Waals surface area (Å²) in [5.74, 6) is 2.62. The summed E-state index contributed by atoms with van der Waals surface area (Å²) >= 11 is 0. The third-order valence-corrected chi connectivity index (χ3v) is 4.18. The van der Waals surface area contributed by atoms with Gasteiger partial charge >= 0.3 is 0 Å². The molecule has 1 heterocycles. The van der Waals surface area contributed by atoms with Gasteiger partial charge in [0, 0.05) is 12.0 Å². The Morgan fingerprint density at radius 3 is 2.55 bits per heavy atom. The monoisotopic (exact) mass is 274 g/mol. The van der Waals surface area contributed by atoms with Gasteiger partial charge in [-0.2, -0.15) is 0 Å². The maximum atomic E-state index is 5.92. The van der Waals surface area contributed by atoms with Gasteiger partial charge in [0.1, 0.15) is 17.8 Å².